The van der Waals surface area contributed by atoms with Crippen LogP contribution < -0.4 is 0 Å². The van der Waals surface area contributed by atoms with Crippen LogP contribution in [0.1, 0.15) is 46.5 Å². The lowest BCUT2D eigenvalue weighted by Crippen LogP contribution is -2.35. The van der Waals surface area contributed by atoms with E-state index in [-0.39, 0.29) is 5.41 Å². The van der Waals surface area contributed by atoms with Gasteiger partial charge < -0.3 is 0 Å². The van der Waals surface area contributed by atoms with Crippen LogP contribution in [0.5, 0.6) is 0 Å². The molecule has 1 spiro atoms. The molecule has 0 aromatic heterocycles. The SMILES string of the molecule is C=C1C(=O)C[C@@H](C)C12C[C@H](C)C[C@H](C)C2. The van der Waals surface area contributed by atoms with E-state index in [4.69, 9.17) is 0 Å². The minimum absolute atomic E-state index is 0.161. The summed E-state index contributed by atoms with van der Waals surface area (Å²) in [6.45, 7) is 11.0. The summed E-state index contributed by atoms with van der Waals surface area (Å²) in [5.74, 6) is 2.34. The van der Waals surface area contributed by atoms with Crippen molar-refractivity contribution < 1.29 is 4.79 Å². The molecule has 0 saturated heterocycles. The molecule has 1 unspecified atom stereocenters. The summed E-state index contributed by atoms with van der Waals surface area (Å²) in [4.78, 5) is 11.8. The number of carbonyl (C=O) groups is 1. The summed E-state index contributed by atoms with van der Waals surface area (Å²) in [7, 11) is 0. The zero-order valence-corrected chi connectivity index (χ0v) is 10.2. The molecule has 0 N–H and O–H groups in total. The number of hydrogen-bond donors (Lipinski definition) is 0. The summed E-state index contributed by atoms with van der Waals surface area (Å²) in [5, 5.41) is 0. The van der Waals surface area contributed by atoms with Gasteiger partial charge in [0.15, 0.2) is 5.78 Å². The van der Waals surface area contributed by atoms with Gasteiger partial charge in [0.2, 0.25) is 0 Å². The van der Waals surface area contributed by atoms with Gasteiger partial charge in [0.25, 0.3) is 0 Å². The number of carbonyl (C=O) groups excluding carboxylic acids is 1. The Labute approximate surface area is 92.9 Å². The van der Waals surface area contributed by atoms with Gasteiger partial charge in [-0.1, -0.05) is 27.4 Å². The van der Waals surface area contributed by atoms with Gasteiger partial charge in [0, 0.05) is 11.8 Å². The minimum Gasteiger partial charge on any atom is -0.295 e. The maximum Gasteiger partial charge on any atom is 0.159 e. The van der Waals surface area contributed by atoms with E-state index in [1.165, 1.54) is 19.3 Å². The minimum atomic E-state index is 0.161. The van der Waals surface area contributed by atoms with E-state index in [0.29, 0.717) is 11.7 Å². The molecule has 0 radical (unpaired) electrons. The first-order valence-corrected chi connectivity index (χ1v) is 6.18. The lowest BCUT2D eigenvalue weighted by Gasteiger charge is -2.43. The van der Waals surface area contributed by atoms with Crippen molar-refractivity contribution in [2.24, 2.45) is 23.2 Å². The number of rotatable bonds is 0. The average Bonchev–Trinajstić information content (AvgIpc) is 2.30. The second kappa shape index (κ2) is 3.47. The van der Waals surface area contributed by atoms with E-state index in [1.54, 1.807) is 0 Å². The molecule has 15 heavy (non-hydrogen) atoms. The number of allylic oxidation sites excluding steroid dienone is 1. The molecule has 2 saturated carbocycles. The summed E-state index contributed by atoms with van der Waals surface area (Å²) in [5.41, 5.74) is 1.10. The van der Waals surface area contributed by atoms with Gasteiger partial charge in [-0.05, 0) is 42.6 Å². The summed E-state index contributed by atoms with van der Waals surface area (Å²) in [6.07, 6.45) is 4.42. The van der Waals surface area contributed by atoms with Crippen LogP contribution >= 0.6 is 0 Å². The predicted octanol–water partition coefficient (Wildman–Crippen LogP) is 3.59. The van der Waals surface area contributed by atoms with Gasteiger partial charge in [-0.25, -0.2) is 0 Å². The summed E-state index contributed by atoms with van der Waals surface area (Å²) in [6, 6.07) is 0. The molecule has 1 nitrogen and oxygen atoms in total. The third-order valence-electron chi connectivity index (χ3n) is 4.60. The van der Waals surface area contributed by atoms with Crippen LogP contribution in [0.3, 0.4) is 0 Å². The maximum atomic E-state index is 11.8. The molecule has 2 rings (SSSR count). The molecule has 2 aliphatic rings. The van der Waals surface area contributed by atoms with E-state index in [9.17, 15) is 4.79 Å². The highest BCUT2D eigenvalue weighted by atomic mass is 16.1. The monoisotopic (exact) mass is 206 g/mol. The lowest BCUT2D eigenvalue weighted by atomic mass is 9.60. The van der Waals surface area contributed by atoms with E-state index in [2.05, 4.69) is 27.4 Å². The Hall–Kier alpha value is -0.590. The molecule has 0 aromatic carbocycles. The molecule has 0 heterocycles. The number of hydrogen-bond acceptors (Lipinski definition) is 1. The largest absolute Gasteiger partial charge is 0.295 e. The predicted molar refractivity (Wildman–Crippen MR) is 62.5 cm³/mol. The fraction of sp³-hybridized carbons (Fsp3) is 0.786. The first-order chi connectivity index (χ1) is 6.95. The fourth-order valence-electron chi connectivity index (χ4n) is 4.00. The third kappa shape index (κ3) is 1.56. The standard InChI is InChI=1S/C14H22O/c1-9-5-10(2)8-14(7-9)11(3)6-13(15)12(14)4/h9-11H,4-8H2,1-3H3/t9-,10+,11-,14?/m1/s1. The molecular weight excluding hydrogens is 184 g/mol. The normalized spacial score (nSPS) is 46.5. The number of Topliss-reactive ketones (excluding diaryl/α,β-unsaturated/α-hetero) is 1. The molecular formula is C14H22O. The van der Waals surface area contributed by atoms with E-state index < -0.39 is 0 Å². The lowest BCUT2D eigenvalue weighted by molar-refractivity contribution is -0.114. The van der Waals surface area contributed by atoms with Crippen LogP contribution in [0.4, 0.5) is 0 Å². The molecule has 0 bridgehead atoms. The van der Waals surface area contributed by atoms with E-state index in [1.807, 2.05) is 0 Å². The highest BCUT2D eigenvalue weighted by molar-refractivity contribution is 5.99. The summed E-state index contributed by atoms with van der Waals surface area (Å²) < 4.78 is 0. The maximum absolute atomic E-state index is 11.8. The quantitative estimate of drug-likeness (QED) is 0.553. The Kier molecular flexibility index (Phi) is 2.52. The molecule has 2 aliphatic carbocycles. The molecule has 1 heteroatoms. The van der Waals surface area contributed by atoms with Gasteiger partial charge >= 0.3 is 0 Å². The van der Waals surface area contributed by atoms with Crippen molar-refractivity contribution in [3.05, 3.63) is 12.2 Å². The Bertz CT molecular complexity index is 292. The molecule has 4 atom stereocenters. The molecule has 0 amide bonds. The van der Waals surface area contributed by atoms with Crippen LogP contribution in [0.25, 0.3) is 0 Å². The molecule has 2 fully saturated rings. The van der Waals surface area contributed by atoms with Gasteiger partial charge in [0.1, 0.15) is 0 Å². The third-order valence-corrected chi connectivity index (χ3v) is 4.60. The van der Waals surface area contributed by atoms with Crippen LogP contribution in [-0.2, 0) is 4.79 Å². The van der Waals surface area contributed by atoms with Crippen molar-refractivity contribution in [1.82, 2.24) is 0 Å². The smallest absolute Gasteiger partial charge is 0.159 e. The van der Waals surface area contributed by atoms with Gasteiger partial charge in [-0.3, -0.25) is 4.79 Å². The first-order valence-electron chi connectivity index (χ1n) is 6.18. The van der Waals surface area contributed by atoms with Crippen molar-refractivity contribution in [3.63, 3.8) is 0 Å². The van der Waals surface area contributed by atoms with E-state index in [0.717, 1.165) is 23.8 Å². The molecule has 84 valence electrons. The van der Waals surface area contributed by atoms with Crippen molar-refractivity contribution >= 4 is 5.78 Å². The highest BCUT2D eigenvalue weighted by Crippen LogP contribution is 2.56. The van der Waals surface area contributed by atoms with Crippen molar-refractivity contribution in [2.75, 3.05) is 0 Å². The van der Waals surface area contributed by atoms with Crippen molar-refractivity contribution in [1.29, 1.82) is 0 Å². The number of ketones is 1. The average molecular weight is 206 g/mol. The van der Waals surface area contributed by atoms with Crippen molar-refractivity contribution in [2.45, 2.75) is 46.5 Å². The van der Waals surface area contributed by atoms with Gasteiger partial charge in [-0.2, -0.15) is 0 Å². The van der Waals surface area contributed by atoms with E-state index >= 15 is 0 Å². The Morgan fingerprint density at radius 2 is 1.73 bits per heavy atom. The fourth-order valence-corrected chi connectivity index (χ4v) is 4.00. The molecule has 0 aromatic rings. The Morgan fingerprint density at radius 1 is 1.20 bits per heavy atom. The Balaban J connectivity index is 2.31. The Morgan fingerprint density at radius 3 is 2.13 bits per heavy atom. The second-order valence-corrected chi connectivity index (χ2v) is 6.02. The summed E-state index contributed by atoms with van der Waals surface area (Å²) >= 11 is 0. The topological polar surface area (TPSA) is 17.1 Å². The van der Waals surface area contributed by atoms with Gasteiger partial charge in [-0.15, -0.1) is 0 Å². The first kappa shape index (κ1) is 10.9. The zero-order valence-electron chi connectivity index (χ0n) is 10.2. The van der Waals surface area contributed by atoms with Crippen molar-refractivity contribution in [3.8, 4) is 0 Å². The highest BCUT2D eigenvalue weighted by Gasteiger charge is 2.50. The molecule has 0 aliphatic heterocycles. The van der Waals surface area contributed by atoms with Crippen LogP contribution in [0.2, 0.25) is 0 Å². The zero-order chi connectivity index (χ0) is 11.2. The second-order valence-electron chi connectivity index (χ2n) is 6.02. The van der Waals surface area contributed by atoms with Crippen LogP contribution in [0, 0.1) is 23.2 Å². The van der Waals surface area contributed by atoms with Gasteiger partial charge in [0.05, 0.1) is 0 Å². The van der Waals surface area contributed by atoms with Crippen LogP contribution in [-0.4, -0.2) is 5.78 Å². The van der Waals surface area contributed by atoms with Crippen LogP contribution in [0.15, 0.2) is 12.2 Å².